The van der Waals surface area contributed by atoms with Gasteiger partial charge in [-0.15, -0.1) is 10.2 Å². The highest BCUT2D eigenvalue weighted by Crippen LogP contribution is 2.35. The Morgan fingerprint density at radius 2 is 1.90 bits per heavy atom. The molecule has 3 aromatic rings. The lowest BCUT2D eigenvalue weighted by atomic mass is 9.99. The lowest BCUT2D eigenvalue weighted by molar-refractivity contribution is 0.414. The third-order valence-corrected chi connectivity index (χ3v) is 6.48. The minimum atomic E-state index is -4.42. The van der Waals surface area contributed by atoms with E-state index in [1.807, 2.05) is 6.07 Å². The van der Waals surface area contributed by atoms with Crippen molar-refractivity contribution in [2.45, 2.75) is 25.1 Å². The SMILES string of the molecule is COc1ccc2c(c1)C(c1ccc(C#N)cc1)=NC([C@@H](C)S(=O)(=O)O)c1nnc(C)n1-2. The smallest absolute Gasteiger partial charge is 0.270 e. The molecule has 0 saturated heterocycles. The molecule has 1 aromatic heterocycles. The predicted octanol–water partition coefficient (Wildman–Crippen LogP) is 2.62. The van der Waals surface area contributed by atoms with Gasteiger partial charge in [0, 0.05) is 11.1 Å². The van der Waals surface area contributed by atoms with Crippen LogP contribution in [0.1, 0.15) is 41.3 Å². The van der Waals surface area contributed by atoms with E-state index in [-0.39, 0.29) is 0 Å². The van der Waals surface area contributed by atoms with Gasteiger partial charge >= 0.3 is 0 Å². The molecule has 0 saturated carbocycles. The normalized spacial score (nSPS) is 16.4. The molecular formula is C21H19N5O4S. The topological polar surface area (TPSA) is 130 Å². The van der Waals surface area contributed by atoms with Crippen LogP contribution in [0.5, 0.6) is 5.75 Å². The summed E-state index contributed by atoms with van der Waals surface area (Å²) < 4.78 is 41.0. The van der Waals surface area contributed by atoms with E-state index < -0.39 is 21.4 Å². The fraction of sp³-hybridized carbons (Fsp3) is 0.238. The standard InChI is InChI=1S/C21H19N5O4S/c1-12(31(27,28)29)19-21-25-24-13(2)26(21)18-9-8-16(30-3)10-17(18)20(23-19)15-6-4-14(11-22)5-7-15/h4-10,12,19H,1-3H3,(H,27,28,29)/t12-,19?/m1/s1. The predicted molar refractivity (Wildman–Crippen MR) is 113 cm³/mol. The molecule has 2 atom stereocenters. The van der Waals surface area contributed by atoms with Gasteiger partial charge in [0.05, 0.1) is 30.1 Å². The van der Waals surface area contributed by atoms with Gasteiger partial charge in [-0.1, -0.05) is 12.1 Å². The third-order valence-electron chi connectivity index (χ3n) is 5.28. The molecule has 31 heavy (non-hydrogen) atoms. The maximum atomic E-state index is 12.0. The molecule has 0 radical (unpaired) electrons. The third kappa shape index (κ3) is 3.58. The largest absolute Gasteiger partial charge is 0.497 e. The van der Waals surface area contributed by atoms with E-state index in [0.29, 0.717) is 45.5 Å². The summed E-state index contributed by atoms with van der Waals surface area (Å²) in [5, 5.41) is 16.2. The van der Waals surface area contributed by atoms with Crippen LogP contribution in [0.4, 0.5) is 0 Å². The minimum absolute atomic E-state index is 0.303. The Morgan fingerprint density at radius 3 is 2.52 bits per heavy atom. The molecule has 0 amide bonds. The highest BCUT2D eigenvalue weighted by Gasteiger charge is 2.36. The minimum Gasteiger partial charge on any atom is -0.497 e. The van der Waals surface area contributed by atoms with Crippen molar-refractivity contribution in [2.75, 3.05) is 7.11 Å². The molecule has 2 heterocycles. The molecule has 1 aliphatic rings. The first kappa shape index (κ1) is 20.7. The van der Waals surface area contributed by atoms with Crippen molar-refractivity contribution in [2.24, 2.45) is 4.99 Å². The van der Waals surface area contributed by atoms with Gasteiger partial charge in [0.15, 0.2) is 5.82 Å². The number of hydrogen-bond acceptors (Lipinski definition) is 7. The van der Waals surface area contributed by atoms with Crippen molar-refractivity contribution >= 4 is 15.8 Å². The zero-order chi connectivity index (χ0) is 22.3. The van der Waals surface area contributed by atoms with Crippen LogP contribution < -0.4 is 4.74 Å². The first-order valence-electron chi connectivity index (χ1n) is 9.40. The van der Waals surface area contributed by atoms with Crippen molar-refractivity contribution in [1.82, 2.24) is 14.8 Å². The average Bonchev–Trinajstić information content (AvgIpc) is 3.07. The second kappa shape index (κ2) is 7.61. The number of aliphatic imine (C=N–C) groups is 1. The number of methoxy groups -OCH3 is 1. The van der Waals surface area contributed by atoms with E-state index in [1.54, 1.807) is 55.0 Å². The van der Waals surface area contributed by atoms with Gasteiger partial charge < -0.3 is 4.74 Å². The number of nitrogens with zero attached hydrogens (tertiary/aromatic N) is 5. The lowest BCUT2D eigenvalue weighted by Gasteiger charge is -2.17. The van der Waals surface area contributed by atoms with Gasteiger partial charge in [0.2, 0.25) is 0 Å². The Kier molecular flexibility index (Phi) is 5.08. The molecule has 4 rings (SSSR count). The van der Waals surface area contributed by atoms with Crippen LogP contribution in [-0.4, -0.2) is 45.8 Å². The maximum Gasteiger partial charge on any atom is 0.270 e. The van der Waals surface area contributed by atoms with E-state index in [2.05, 4.69) is 16.3 Å². The number of ether oxygens (including phenoxy) is 1. The van der Waals surface area contributed by atoms with Crippen molar-refractivity contribution in [3.8, 4) is 17.5 Å². The summed E-state index contributed by atoms with van der Waals surface area (Å²) in [5.41, 5.74) is 3.03. The molecule has 0 fully saturated rings. The fourth-order valence-electron chi connectivity index (χ4n) is 3.57. The first-order valence-corrected chi connectivity index (χ1v) is 10.9. The van der Waals surface area contributed by atoms with Crippen LogP contribution in [0.3, 0.4) is 0 Å². The first-order chi connectivity index (χ1) is 14.7. The molecular weight excluding hydrogens is 418 g/mol. The molecule has 1 N–H and O–H groups in total. The Labute approximate surface area is 179 Å². The van der Waals surface area contributed by atoms with Crippen LogP contribution in [-0.2, 0) is 10.1 Å². The lowest BCUT2D eigenvalue weighted by Crippen LogP contribution is -2.26. The van der Waals surface area contributed by atoms with Gasteiger partial charge in [-0.3, -0.25) is 14.1 Å². The van der Waals surface area contributed by atoms with Gasteiger partial charge in [-0.05, 0) is 44.2 Å². The second-order valence-electron chi connectivity index (χ2n) is 7.16. The number of aromatic nitrogens is 3. The van der Waals surface area contributed by atoms with E-state index in [9.17, 15) is 13.0 Å². The number of aryl methyl sites for hydroxylation is 1. The summed E-state index contributed by atoms with van der Waals surface area (Å²) in [6.45, 7) is 3.14. The molecule has 158 valence electrons. The van der Waals surface area contributed by atoms with Crippen LogP contribution >= 0.6 is 0 Å². The van der Waals surface area contributed by atoms with E-state index in [0.717, 1.165) is 0 Å². The van der Waals surface area contributed by atoms with Crippen LogP contribution in [0.25, 0.3) is 5.69 Å². The van der Waals surface area contributed by atoms with Crippen LogP contribution in [0.2, 0.25) is 0 Å². The quantitative estimate of drug-likeness (QED) is 0.621. The number of hydrogen-bond donors (Lipinski definition) is 1. The van der Waals surface area contributed by atoms with E-state index in [1.165, 1.54) is 6.92 Å². The van der Waals surface area contributed by atoms with Gasteiger partial charge in [0.1, 0.15) is 22.9 Å². The summed E-state index contributed by atoms with van der Waals surface area (Å²) >= 11 is 0. The molecule has 1 aliphatic heterocycles. The average molecular weight is 437 g/mol. The number of fused-ring (bicyclic) bond motifs is 3. The van der Waals surface area contributed by atoms with Crippen molar-refractivity contribution in [3.05, 3.63) is 70.8 Å². The van der Waals surface area contributed by atoms with Gasteiger partial charge in [0.25, 0.3) is 10.1 Å². The number of rotatable bonds is 4. The Balaban J connectivity index is 2.06. The summed E-state index contributed by atoms with van der Waals surface area (Å²) in [4.78, 5) is 4.75. The zero-order valence-electron chi connectivity index (χ0n) is 17.0. The molecule has 1 unspecified atom stereocenters. The molecule has 10 heteroatoms. The van der Waals surface area contributed by atoms with Gasteiger partial charge in [-0.25, -0.2) is 0 Å². The van der Waals surface area contributed by atoms with Crippen LogP contribution in [0.15, 0.2) is 47.5 Å². The Bertz CT molecular complexity index is 1340. The molecule has 9 nitrogen and oxygen atoms in total. The maximum absolute atomic E-state index is 12.0. The van der Waals surface area contributed by atoms with E-state index >= 15 is 0 Å². The monoisotopic (exact) mass is 437 g/mol. The van der Waals surface area contributed by atoms with Crippen molar-refractivity contribution in [3.63, 3.8) is 0 Å². The summed E-state index contributed by atoms with van der Waals surface area (Å²) in [6.07, 6.45) is 0. The molecule has 0 bridgehead atoms. The highest BCUT2D eigenvalue weighted by molar-refractivity contribution is 7.86. The summed E-state index contributed by atoms with van der Waals surface area (Å²) in [5.74, 6) is 1.44. The van der Waals surface area contributed by atoms with E-state index in [4.69, 9.17) is 15.0 Å². The Morgan fingerprint density at radius 1 is 1.19 bits per heavy atom. The summed E-state index contributed by atoms with van der Waals surface area (Å²) in [6, 6.07) is 13.3. The van der Waals surface area contributed by atoms with Crippen molar-refractivity contribution in [1.29, 1.82) is 5.26 Å². The number of nitriles is 1. The molecule has 0 spiro atoms. The van der Waals surface area contributed by atoms with Crippen LogP contribution in [0, 0.1) is 18.3 Å². The zero-order valence-corrected chi connectivity index (χ0v) is 17.8. The second-order valence-corrected chi connectivity index (χ2v) is 8.93. The Hall–Kier alpha value is -3.55. The van der Waals surface area contributed by atoms with Crippen molar-refractivity contribution < 1.29 is 17.7 Å². The number of benzene rings is 2. The molecule has 0 aliphatic carbocycles. The fourth-order valence-corrected chi connectivity index (χ4v) is 4.08. The summed E-state index contributed by atoms with van der Waals surface area (Å²) in [7, 11) is -2.87. The van der Waals surface area contributed by atoms with Gasteiger partial charge in [-0.2, -0.15) is 13.7 Å². The molecule has 2 aromatic carbocycles. The highest BCUT2D eigenvalue weighted by atomic mass is 32.2.